The summed E-state index contributed by atoms with van der Waals surface area (Å²) in [5.74, 6) is 0.706. The summed E-state index contributed by atoms with van der Waals surface area (Å²) in [6.07, 6.45) is 5.03. The molecule has 2 aliphatic heterocycles. The molecule has 2 saturated heterocycles. The number of carbonyl (C=O) groups is 1. The maximum Gasteiger partial charge on any atom is 0.257 e. The molecule has 0 atom stereocenters. The molecule has 0 spiro atoms. The fraction of sp³-hybridized carbons (Fsp3) is 0.455. The van der Waals surface area contributed by atoms with Crippen molar-refractivity contribution in [3.8, 4) is 0 Å². The SMILES string of the molecule is O=C(c1cccnc1N1CCCC1)N1CCCN(Cc2ccc(F)cc2)CC1. The van der Waals surface area contributed by atoms with Crippen LogP contribution in [0.3, 0.4) is 0 Å². The number of pyridine rings is 1. The zero-order valence-corrected chi connectivity index (χ0v) is 16.2. The van der Waals surface area contributed by atoms with Crippen molar-refractivity contribution in [3.63, 3.8) is 0 Å². The zero-order valence-electron chi connectivity index (χ0n) is 16.2. The van der Waals surface area contributed by atoms with Crippen molar-refractivity contribution in [1.29, 1.82) is 0 Å². The minimum atomic E-state index is -0.207. The highest BCUT2D eigenvalue weighted by Gasteiger charge is 2.25. The highest BCUT2D eigenvalue weighted by Crippen LogP contribution is 2.23. The number of halogens is 1. The lowest BCUT2D eigenvalue weighted by atomic mass is 10.2. The lowest BCUT2D eigenvalue weighted by Crippen LogP contribution is -2.36. The Balaban J connectivity index is 1.41. The summed E-state index contributed by atoms with van der Waals surface area (Å²) in [4.78, 5) is 24.3. The minimum Gasteiger partial charge on any atom is -0.356 e. The van der Waals surface area contributed by atoms with Crippen LogP contribution in [0, 0.1) is 5.82 Å². The predicted molar refractivity (Wildman–Crippen MR) is 108 cm³/mol. The molecule has 0 N–H and O–H groups in total. The molecule has 0 unspecified atom stereocenters. The second-order valence-electron chi connectivity index (χ2n) is 7.62. The molecule has 1 aromatic carbocycles. The van der Waals surface area contributed by atoms with Crippen molar-refractivity contribution in [3.05, 3.63) is 59.5 Å². The molecule has 1 aromatic heterocycles. The van der Waals surface area contributed by atoms with Crippen LogP contribution in [-0.4, -0.2) is 60.0 Å². The van der Waals surface area contributed by atoms with Crippen LogP contribution in [-0.2, 0) is 6.54 Å². The number of hydrogen-bond acceptors (Lipinski definition) is 4. The first kappa shape index (κ1) is 18.9. The molecular weight excluding hydrogens is 355 g/mol. The molecule has 1 amide bonds. The quantitative estimate of drug-likeness (QED) is 0.814. The molecule has 2 aliphatic rings. The van der Waals surface area contributed by atoms with Gasteiger partial charge in [-0.3, -0.25) is 9.69 Å². The van der Waals surface area contributed by atoms with Crippen molar-refractivity contribution in [2.24, 2.45) is 0 Å². The Bertz CT molecular complexity index is 804. The van der Waals surface area contributed by atoms with E-state index in [4.69, 9.17) is 0 Å². The van der Waals surface area contributed by atoms with Gasteiger partial charge in [-0.25, -0.2) is 9.37 Å². The Labute approximate surface area is 165 Å². The molecule has 0 bridgehead atoms. The van der Waals surface area contributed by atoms with Crippen LogP contribution in [0.4, 0.5) is 10.2 Å². The van der Waals surface area contributed by atoms with E-state index in [1.807, 2.05) is 29.2 Å². The molecule has 0 aliphatic carbocycles. The molecule has 2 aromatic rings. The van der Waals surface area contributed by atoms with E-state index in [9.17, 15) is 9.18 Å². The van der Waals surface area contributed by atoms with Gasteiger partial charge in [0.1, 0.15) is 11.6 Å². The van der Waals surface area contributed by atoms with Gasteiger partial charge in [-0.2, -0.15) is 0 Å². The molecule has 4 rings (SSSR count). The number of amides is 1. The van der Waals surface area contributed by atoms with Crippen LogP contribution in [0.5, 0.6) is 0 Å². The maximum absolute atomic E-state index is 13.2. The van der Waals surface area contributed by atoms with Gasteiger partial charge >= 0.3 is 0 Å². The second-order valence-corrected chi connectivity index (χ2v) is 7.62. The molecule has 2 fully saturated rings. The lowest BCUT2D eigenvalue weighted by molar-refractivity contribution is 0.0761. The lowest BCUT2D eigenvalue weighted by Gasteiger charge is -2.25. The van der Waals surface area contributed by atoms with Gasteiger partial charge in [0, 0.05) is 52.0 Å². The smallest absolute Gasteiger partial charge is 0.257 e. The third kappa shape index (κ3) is 4.33. The fourth-order valence-corrected chi connectivity index (χ4v) is 4.10. The van der Waals surface area contributed by atoms with Crippen LogP contribution in [0.15, 0.2) is 42.6 Å². The van der Waals surface area contributed by atoms with Gasteiger partial charge in [0.05, 0.1) is 5.56 Å². The largest absolute Gasteiger partial charge is 0.356 e. The predicted octanol–water partition coefficient (Wildman–Crippen LogP) is 3.17. The number of aromatic nitrogens is 1. The van der Waals surface area contributed by atoms with Crippen LogP contribution >= 0.6 is 0 Å². The van der Waals surface area contributed by atoms with E-state index in [0.717, 1.165) is 75.5 Å². The number of nitrogens with zero attached hydrogens (tertiary/aromatic N) is 4. The van der Waals surface area contributed by atoms with Crippen molar-refractivity contribution in [2.45, 2.75) is 25.8 Å². The number of anilines is 1. The maximum atomic E-state index is 13.2. The number of rotatable bonds is 4. The van der Waals surface area contributed by atoms with Crippen molar-refractivity contribution < 1.29 is 9.18 Å². The number of carbonyl (C=O) groups excluding carboxylic acids is 1. The molecule has 28 heavy (non-hydrogen) atoms. The molecule has 0 radical (unpaired) electrons. The summed E-state index contributed by atoms with van der Waals surface area (Å²) in [5, 5.41) is 0. The molecular formula is C22H27FN4O. The van der Waals surface area contributed by atoms with Gasteiger partial charge in [0.2, 0.25) is 0 Å². The summed E-state index contributed by atoms with van der Waals surface area (Å²) in [6, 6.07) is 10.4. The first-order valence-electron chi connectivity index (χ1n) is 10.2. The van der Waals surface area contributed by atoms with Gasteiger partial charge in [-0.05, 0) is 49.1 Å². The van der Waals surface area contributed by atoms with Crippen LogP contribution in [0.2, 0.25) is 0 Å². The van der Waals surface area contributed by atoms with Crippen molar-refractivity contribution in [1.82, 2.24) is 14.8 Å². The Morgan fingerprint density at radius 1 is 0.929 bits per heavy atom. The molecule has 5 nitrogen and oxygen atoms in total. The van der Waals surface area contributed by atoms with Crippen LogP contribution in [0.1, 0.15) is 35.2 Å². The second kappa shape index (κ2) is 8.69. The van der Waals surface area contributed by atoms with E-state index in [-0.39, 0.29) is 11.7 Å². The molecule has 0 saturated carbocycles. The standard InChI is InChI=1S/C22H27FN4O/c23-19-8-6-18(7-9-19)17-25-11-4-14-27(16-15-25)22(28)20-5-3-10-24-21(20)26-12-1-2-13-26/h3,5-10H,1-2,4,11-17H2. The Morgan fingerprint density at radius 3 is 2.50 bits per heavy atom. The van der Waals surface area contributed by atoms with E-state index < -0.39 is 0 Å². The van der Waals surface area contributed by atoms with Gasteiger partial charge in [0.15, 0.2) is 0 Å². The first-order valence-corrected chi connectivity index (χ1v) is 10.2. The monoisotopic (exact) mass is 382 g/mol. The van der Waals surface area contributed by atoms with E-state index in [1.54, 1.807) is 6.20 Å². The summed E-state index contributed by atoms with van der Waals surface area (Å²) < 4.78 is 13.1. The zero-order chi connectivity index (χ0) is 19.3. The topological polar surface area (TPSA) is 39.7 Å². The summed E-state index contributed by atoms with van der Waals surface area (Å²) in [5.41, 5.74) is 1.82. The van der Waals surface area contributed by atoms with Crippen LogP contribution in [0.25, 0.3) is 0 Å². The van der Waals surface area contributed by atoms with Gasteiger partial charge in [-0.1, -0.05) is 12.1 Å². The Kier molecular flexibility index (Phi) is 5.86. The van der Waals surface area contributed by atoms with Crippen molar-refractivity contribution >= 4 is 11.7 Å². The van der Waals surface area contributed by atoms with Gasteiger partial charge in [0.25, 0.3) is 5.91 Å². The summed E-state index contributed by atoms with van der Waals surface area (Å²) in [7, 11) is 0. The Hall–Kier alpha value is -2.47. The van der Waals surface area contributed by atoms with E-state index in [2.05, 4.69) is 14.8 Å². The number of benzene rings is 1. The minimum absolute atomic E-state index is 0.0821. The number of hydrogen-bond donors (Lipinski definition) is 0. The highest BCUT2D eigenvalue weighted by atomic mass is 19.1. The van der Waals surface area contributed by atoms with Gasteiger partial charge < -0.3 is 9.80 Å². The summed E-state index contributed by atoms with van der Waals surface area (Å²) in [6.45, 7) is 5.96. The van der Waals surface area contributed by atoms with Crippen molar-refractivity contribution in [2.75, 3.05) is 44.2 Å². The third-order valence-electron chi connectivity index (χ3n) is 5.62. The van der Waals surface area contributed by atoms with Crippen LogP contribution < -0.4 is 4.90 Å². The third-order valence-corrected chi connectivity index (χ3v) is 5.62. The average Bonchev–Trinajstić information content (AvgIpc) is 3.16. The Morgan fingerprint density at radius 2 is 1.71 bits per heavy atom. The highest BCUT2D eigenvalue weighted by molar-refractivity contribution is 5.99. The summed E-state index contributed by atoms with van der Waals surface area (Å²) >= 11 is 0. The van der Waals surface area contributed by atoms with E-state index in [1.165, 1.54) is 12.1 Å². The molecule has 148 valence electrons. The normalized spacial score (nSPS) is 18.3. The molecule has 6 heteroatoms. The fourth-order valence-electron chi connectivity index (χ4n) is 4.10. The first-order chi connectivity index (χ1) is 13.7. The van der Waals surface area contributed by atoms with E-state index in [0.29, 0.717) is 6.54 Å². The van der Waals surface area contributed by atoms with Gasteiger partial charge in [-0.15, -0.1) is 0 Å². The molecule has 3 heterocycles. The average molecular weight is 382 g/mol. The van der Waals surface area contributed by atoms with E-state index >= 15 is 0 Å².